The van der Waals surface area contributed by atoms with Gasteiger partial charge in [-0.2, -0.15) is 13.9 Å². The van der Waals surface area contributed by atoms with Crippen LogP contribution in [-0.2, 0) is 4.87 Å². The quantitative estimate of drug-likeness (QED) is 0.244. The van der Waals surface area contributed by atoms with Gasteiger partial charge in [-0.05, 0) is 49.6 Å². The van der Waals surface area contributed by atoms with Gasteiger partial charge in [-0.25, -0.2) is 23.8 Å². The van der Waals surface area contributed by atoms with E-state index in [-0.39, 0.29) is 29.3 Å². The molecule has 37 heavy (non-hydrogen) atoms. The van der Waals surface area contributed by atoms with Crippen molar-refractivity contribution in [1.82, 2.24) is 20.2 Å². The van der Waals surface area contributed by atoms with Crippen LogP contribution in [0.15, 0.2) is 59.7 Å². The average Bonchev–Trinajstić information content (AvgIpc) is 3.50. The highest BCUT2D eigenvalue weighted by Gasteiger charge is 2.48. The lowest BCUT2D eigenvalue weighted by atomic mass is 9.96. The summed E-state index contributed by atoms with van der Waals surface area (Å²) < 4.78 is 56.9. The molecule has 0 saturated carbocycles. The molecule has 2 N–H and O–H groups in total. The lowest BCUT2D eigenvalue weighted by Crippen LogP contribution is -2.38. The SMILES string of the molecule is Cc1nnc(N2N=C(c3nc(F)ccc3F)SC2(CCC(N)c2nc(F)ccc2F)c2ccccc2)s1. The second kappa shape index (κ2) is 10.1. The Morgan fingerprint density at radius 3 is 2.32 bits per heavy atom. The van der Waals surface area contributed by atoms with Crippen LogP contribution in [0.25, 0.3) is 0 Å². The van der Waals surface area contributed by atoms with Crippen LogP contribution < -0.4 is 10.7 Å². The number of aryl methyl sites for hydroxylation is 1. The summed E-state index contributed by atoms with van der Waals surface area (Å²) in [6.45, 7) is 1.78. The van der Waals surface area contributed by atoms with Gasteiger partial charge in [0.15, 0.2) is 5.82 Å². The van der Waals surface area contributed by atoms with Crippen molar-refractivity contribution in [3.8, 4) is 0 Å². The van der Waals surface area contributed by atoms with E-state index in [1.807, 2.05) is 30.3 Å². The summed E-state index contributed by atoms with van der Waals surface area (Å²) in [6.07, 6.45) is 0.370. The van der Waals surface area contributed by atoms with Gasteiger partial charge in [0.1, 0.15) is 26.4 Å². The monoisotopic (exact) mass is 545 g/mol. The third-order valence-corrected chi connectivity index (χ3v) is 7.95. The Hall–Kier alpha value is -3.42. The lowest BCUT2D eigenvalue weighted by molar-refractivity contribution is 0.457. The van der Waals surface area contributed by atoms with Crippen LogP contribution in [0.2, 0.25) is 0 Å². The first kappa shape index (κ1) is 25.2. The molecule has 7 nitrogen and oxygen atoms in total. The zero-order valence-electron chi connectivity index (χ0n) is 19.3. The number of nitrogens with two attached hydrogens (primary N) is 1. The van der Waals surface area contributed by atoms with Crippen LogP contribution in [-0.4, -0.2) is 25.2 Å². The van der Waals surface area contributed by atoms with Crippen molar-refractivity contribution >= 4 is 33.3 Å². The van der Waals surface area contributed by atoms with Crippen LogP contribution >= 0.6 is 23.1 Å². The van der Waals surface area contributed by atoms with Crippen LogP contribution in [0.5, 0.6) is 0 Å². The van der Waals surface area contributed by atoms with Crippen molar-refractivity contribution in [2.45, 2.75) is 30.7 Å². The zero-order chi connectivity index (χ0) is 26.2. The Balaban J connectivity index is 1.60. The third-order valence-electron chi connectivity index (χ3n) is 5.72. The fraction of sp³-hybridized carbons (Fsp3) is 0.208. The van der Waals surface area contributed by atoms with Crippen LogP contribution in [0, 0.1) is 30.5 Å². The Kier molecular flexibility index (Phi) is 6.92. The third kappa shape index (κ3) is 4.93. The van der Waals surface area contributed by atoms with E-state index in [2.05, 4.69) is 25.3 Å². The molecule has 0 fully saturated rings. The lowest BCUT2D eigenvalue weighted by Gasteiger charge is -2.36. The molecule has 0 bridgehead atoms. The minimum absolute atomic E-state index is 0.123. The molecule has 4 aromatic rings. The fourth-order valence-electron chi connectivity index (χ4n) is 3.99. The molecule has 0 aliphatic carbocycles. The molecule has 0 saturated heterocycles. The number of pyridine rings is 2. The molecule has 1 aliphatic rings. The van der Waals surface area contributed by atoms with E-state index in [9.17, 15) is 17.6 Å². The maximum atomic E-state index is 14.8. The van der Waals surface area contributed by atoms with E-state index < -0.39 is 34.4 Å². The van der Waals surface area contributed by atoms with E-state index in [0.29, 0.717) is 10.1 Å². The molecule has 5 rings (SSSR count). The molecule has 1 aliphatic heterocycles. The Bertz CT molecular complexity index is 1470. The topological polar surface area (TPSA) is 93.2 Å². The van der Waals surface area contributed by atoms with E-state index >= 15 is 0 Å². The Morgan fingerprint density at radius 2 is 1.62 bits per heavy atom. The minimum atomic E-state index is -1.07. The second-order valence-electron chi connectivity index (χ2n) is 8.18. The summed E-state index contributed by atoms with van der Waals surface area (Å²) in [4.78, 5) is 6.31. The molecular weight excluding hydrogens is 526 g/mol. The maximum absolute atomic E-state index is 14.8. The highest BCUT2D eigenvalue weighted by atomic mass is 32.2. The fourth-order valence-corrected chi connectivity index (χ4v) is 6.13. The molecule has 0 radical (unpaired) electrons. The van der Waals surface area contributed by atoms with Crippen molar-refractivity contribution in [2.75, 3.05) is 5.01 Å². The van der Waals surface area contributed by atoms with Crippen molar-refractivity contribution in [3.63, 3.8) is 0 Å². The van der Waals surface area contributed by atoms with E-state index in [4.69, 9.17) is 5.73 Å². The van der Waals surface area contributed by atoms with Gasteiger partial charge < -0.3 is 5.73 Å². The average molecular weight is 546 g/mol. The molecule has 3 aromatic heterocycles. The van der Waals surface area contributed by atoms with Gasteiger partial charge >= 0.3 is 0 Å². The molecule has 0 amide bonds. The summed E-state index contributed by atoms with van der Waals surface area (Å²) in [6, 6.07) is 12.1. The molecule has 2 atom stereocenters. The minimum Gasteiger partial charge on any atom is -0.323 e. The molecule has 1 aromatic carbocycles. The summed E-state index contributed by atoms with van der Waals surface area (Å²) in [7, 11) is 0. The molecule has 2 unspecified atom stereocenters. The van der Waals surface area contributed by atoms with Crippen molar-refractivity contribution in [3.05, 3.63) is 100 Å². The molecule has 190 valence electrons. The Labute approximate surface area is 217 Å². The standard InChI is InChI=1S/C24H19F4N7S2/c1-13-32-33-23(36-13)35-24(14-5-3-2-4-6-14,12-11-17(29)20-15(25)7-9-18(27)30-20)37-22(34-35)21-16(26)8-10-19(28)31-21/h2-10,17H,11-12,29H2,1H3. The van der Waals surface area contributed by atoms with Crippen molar-refractivity contribution in [2.24, 2.45) is 10.8 Å². The first-order chi connectivity index (χ1) is 17.8. The predicted molar refractivity (Wildman–Crippen MR) is 134 cm³/mol. The summed E-state index contributed by atoms with van der Waals surface area (Å²) in [5, 5.41) is 15.7. The van der Waals surface area contributed by atoms with Crippen molar-refractivity contribution in [1.29, 1.82) is 0 Å². The van der Waals surface area contributed by atoms with E-state index in [1.54, 1.807) is 11.9 Å². The zero-order valence-corrected chi connectivity index (χ0v) is 20.9. The number of anilines is 1. The van der Waals surface area contributed by atoms with E-state index in [0.717, 1.165) is 41.6 Å². The summed E-state index contributed by atoms with van der Waals surface area (Å²) in [5.74, 6) is -3.16. The number of hydrogen-bond donors (Lipinski definition) is 1. The number of hydrogen-bond acceptors (Lipinski definition) is 9. The first-order valence-corrected chi connectivity index (χ1v) is 12.7. The highest BCUT2D eigenvalue weighted by Crippen LogP contribution is 2.53. The number of nitrogens with zero attached hydrogens (tertiary/aromatic N) is 6. The van der Waals surface area contributed by atoms with Gasteiger partial charge in [-0.15, -0.1) is 10.2 Å². The summed E-state index contributed by atoms with van der Waals surface area (Å²) >= 11 is 2.41. The number of benzene rings is 1. The number of rotatable bonds is 7. The number of halogens is 4. The summed E-state index contributed by atoms with van der Waals surface area (Å²) in [5.41, 5.74) is 6.57. The van der Waals surface area contributed by atoms with Crippen LogP contribution in [0.4, 0.5) is 22.7 Å². The second-order valence-corrected chi connectivity index (χ2v) is 10.6. The van der Waals surface area contributed by atoms with Crippen LogP contribution in [0.3, 0.4) is 0 Å². The largest absolute Gasteiger partial charge is 0.323 e. The van der Waals surface area contributed by atoms with Gasteiger partial charge in [-0.3, -0.25) is 0 Å². The molecule has 4 heterocycles. The van der Waals surface area contributed by atoms with Gasteiger partial charge in [0, 0.05) is 0 Å². The Morgan fingerprint density at radius 1 is 0.919 bits per heavy atom. The maximum Gasteiger partial charge on any atom is 0.230 e. The highest BCUT2D eigenvalue weighted by molar-refractivity contribution is 8.15. The smallest absolute Gasteiger partial charge is 0.230 e. The predicted octanol–water partition coefficient (Wildman–Crippen LogP) is 5.44. The van der Waals surface area contributed by atoms with Crippen LogP contribution in [0.1, 0.15) is 40.8 Å². The van der Waals surface area contributed by atoms with Gasteiger partial charge in [0.05, 0.1) is 11.7 Å². The number of hydrazone groups is 1. The van der Waals surface area contributed by atoms with Gasteiger partial charge in [-0.1, -0.05) is 53.4 Å². The van der Waals surface area contributed by atoms with Crippen molar-refractivity contribution < 1.29 is 17.6 Å². The van der Waals surface area contributed by atoms with Gasteiger partial charge in [0.2, 0.25) is 17.0 Å². The molecule has 0 spiro atoms. The van der Waals surface area contributed by atoms with E-state index in [1.165, 1.54) is 11.3 Å². The molecular formula is C24H19F4N7S2. The normalized spacial score (nSPS) is 18.2. The number of thioether (sulfide) groups is 1. The number of aromatic nitrogens is 4. The first-order valence-electron chi connectivity index (χ1n) is 11.1. The molecule has 13 heteroatoms. The van der Waals surface area contributed by atoms with Gasteiger partial charge in [0.25, 0.3) is 0 Å².